The predicted octanol–water partition coefficient (Wildman–Crippen LogP) is 4.11. The summed E-state index contributed by atoms with van der Waals surface area (Å²) >= 11 is 8.13. The van der Waals surface area contributed by atoms with Gasteiger partial charge in [-0.05, 0) is 56.1 Å². The van der Waals surface area contributed by atoms with Gasteiger partial charge >= 0.3 is 0 Å². The standard InChI is InChI=1S/C13H8Br2N4OS/c14-10-5-11(21-12(10)15)13(20)18-8-2-1-3-9(4-8)19-6-16-17-7-19/h1-7H,(H,18,20). The highest BCUT2D eigenvalue weighted by atomic mass is 79.9. The molecule has 0 fully saturated rings. The lowest BCUT2D eigenvalue weighted by Gasteiger charge is -2.06. The summed E-state index contributed by atoms with van der Waals surface area (Å²) in [6.07, 6.45) is 3.21. The molecule has 1 amide bonds. The van der Waals surface area contributed by atoms with E-state index in [9.17, 15) is 4.79 Å². The predicted molar refractivity (Wildman–Crippen MR) is 89.0 cm³/mol. The van der Waals surface area contributed by atoms with Gasteiger partial charge in [0.05, 0.1) is 14.4 Å². The maximum absolute atomic E-state index is 12.2. The van der Waals surface area contributed by atoms with Crippen molar-refractivity contribution in [3.05, 3.63) is 56.1 Å². The number of amides is 1. The third-order valence-corrected chi connectivity index (χ3v) is 5.94. The molecular weight excluding hydrogens is 420 g/mol. The monoisotopic (exact) mass is 426 g/mol. The first-order valence-corrected chi connectivity index (χ1v) is 8.25. The third-order valence-electron chi connectivity index (χ3n) is 2.69. The van der Waals surface area contributed by atoms with Crippen molar-refractivity contribution in [2.24, 2.45) is 0 Å². The Kier molecular flexibility index (Phi) is 4.18. The number of hydrogen-bond donors (Lipinski definition) is 1. The molecule has 0 aliphatic rings. The van der Waals surface area contributed by atoms with Gasteiger partial charge < -0.3 is 5.32 Å². The van der Waals surface area contributed by atoms with Crippen LogP contribution in [0.2, 0.25) is 0 Å². The molecule has 5 nitrogen and oxygen atoms in total. The summed E-state index contributed by atoms with van der Waals surface area (Å²) in [5.41, 5.74) is 1.60. The fourth-order valence-corrected chi connectivity index (χ4v) is 3.66. The van der Waals surface area contributed by atoms with E-state index in [4.69, 9.17) is 0 Å². The molecule has 8 heteroatoms. The Morgan fingerprint density at radius 1 is 1.19 bits per heavy atom. The summed E-state index contributed by atoms with van der Waals surface area (Å²) in [5, 5.41) is 10.4. The number of aromatic nitrogens is 3. The number of rotatable bonds is 3. The van der Waals surface area contributed by atoms with Crippen LogP contribution in [0.4, 0.5) is 5.69 Å². The molecule has 106 valence electrons. The first-order chi connectivity index (χ1) is 10.1. The lowest BCUT2D eigenvalue weighted by molar-refractivity contribution is 0.103. The fourth-order valence-electron chi connectivity index (χ4n) is 1.73. The lowest BCUT2D eigenvalue weighted by atomic mass is 10.2. The van der Waals surface area contributed by atoms with Gasteiger partial charge in [0.2, 0.25) is 0 Å². The summed E-state index contributed by atoms with van der Waals surface area (Å²) in [5.74, 6) is -0.146. The summed E-state index contributed by atoms with van der Waals surface area (Å²) < 4.78 is 3.54. The SMILES string of the molecule is O=C(Nc1cccc(-n2cnnc2)c1)c1cc(Br)c(Br)s1. The first-order valence-electron chi connectivity index (χ1n) is 5.85. The Morgan fingerprint density at radius 2 is 1.95 bits per heavy atom. The molecule has 0 unspecified atom stereocenters. The number of halogens is 2. The summed E-state index contributed by atoms with van der Waals surface area (Å²) in [6.45, 7) is 0. The molecule has 2 heterocycles. The maximum atomic E-state index is 12.2. The minimum atomic E-state index is -0.146. The average molecular weight is 428 g/mol. The van der Waals surface area contributed by atoms with E-state index < -0.39 is 0 Å². The van der Waals surface area contributed by atoms with Crippen LogP contribution in [0, 0.1) is 0 Å². The van der Waals surface area contributed by atoms with E-state index in [2.05, 4.69) is 47.4 Å². The van der Waals surface area contributed by atoms with Gasteiger partial charge in [0.25, 0.3) is 5.91 Å². The molecule has 0 saturated carbocycles. The van der Waals surface area contributed by atoms with Crippen LogP contribution in [-0.4, -0.2) is 20.7 Å². The highest BCUT2D eigenvalue weighted by Crippen LogP contribution is 2.32. The summed E-state index contributed by atoms with van der Waals surface area (Å²) in [6, 6.07) is 9.26. The third kappa shape index (κ3) is 3.22. The van der Waals surface area contributed by atoms with Gasteiger partial charge in [-0.1, -0.05) is 6.07 Å². The zero-order chi connectivity index (χ0) is 14.8. The summed E-state index contributed by atoms with van der Waals surface area (Å²) in [7, 11) is 0. The van der Waals surface area contributed by atoms with Crippen molar-refractivity contribution in [3.8, 4) is 5.69 Å². The van der Waals surface area contributed by atoms with Crippen LogP contribution in [0.1, 0.15) is 9.67 Å². The molecular formula is C13H8Br2N4OS. The van der Waals surface area contributed by atoms with Gasteiger partial charge in [0.1, 0.15) is 12.7 Å². The molecule has 0 radical (unpaired) electrons. The van der Waals surface area contributed by atoms with Crippen molar-refractivity contribution in [3.63, 3.8) is 0 Å². The van der Waals surface area contributed by atoms with Crippen LogP contribution in [0.3, 0.4) is 0 Å². The van der Waals surface area contributed by atoms with Crippen LogP contribution in [0.15, 0.2) is 51.2 Å². The molecule has 0 bridgehead atoms. The Labute approximate surface area is 141 Å². The van der Waals surface area contributed by atoms with Crippen LogP contribution < -0.4 is 5.32 Å². The lowest BCUT2D eigenvalue weighted by Crippen LogP contribution is -2.10. The normalized spacial score (nSPS) is 10.6. The van der Waals surface area contributed by atoms with Crippen molar-refractivity contribution in [2.75, 3.05) is 5.32 Å². The smallest absolute Gasteiger partial charge is 0.265 e. The largest absolute Gasteiger partial charge is 0.321 e. The minimum Gasteiger partial charge on any atom is -0.321 e. The summed E-state index contributed by atoms with van der Waals surface area (Å²) in [4.78, 5) is 12.8. The maximum Gasteiger partial charge on any atom is 0.265 e. The van der Waals surface area contributed by atoms with Crippen LogP contribution >= 0.6 is 43.2 Å². The molecule has 0 spiro atoms. The molecule has 0 aliphatic heterocycles. The van der Waals surface area contributed by atoms with E-state index in [1.54, 1.807) is 23.3 Å². The zero-order valence-electron chi connectivity index (χ0n) is 10.5. The number of thiophene rings is 1. The second-order valence-electron chi connectivity index (χ2n) is 4.11. The van der Waals surface area contributed by atoms with Gasteiger partial charge in [-0.3, -0.25) is 9.36 Å². The van der Waals surface area contributed by atoms with Gasteiger partial charge in [-0.15, -0.1) is 21.5 Å². The van der Waals surface area contributed by atoms with E-state index in [0.29, 0.717) is 10.6 Å². The topological polar surface area (TPSA) is 59.8 Å². The molecule has 2 aromatic heterocycles. The quantitative estimate of drug-likeness (QED) is 0.684. The van der Waals surface area contributed by atoms with Crippen molar-refractivity contribution < 1.29 is 4.79 Å². The van der Waals surface area contributed by atoms with Crippen molar-refractivity contribution in [1.82, 2.24) is 14.8 Å². The highest BCUT2D eigenvalue weighted by Gasteiger charge is 2.12. The second-order valence-corrected chi connectivity index (χ2v) is 7.33. The molecule has 3 rings (SSSR count). The Bertz CT molecular complexity index is 766. The van der Waals surface area contributed by atoms with Gasteiger partial charge in [-0.2, -0.15) is 0 Å². The Balaban J connectivity index is 1.82. The van der Waals surface area contributed by atoms with Crippen molar-refractivity contribution in [2.45, 2.75) is 0 Å². The van der Waals surface area contributed by atoms with E-state index in [0.717, 1.165) is 13.9 Å². The van der Waals surface area contributed by atoms with E-state index >= 15 is 0 Å². The molecule has 1 aromatic carbocycles. The van der Waals surface area contributed by atoms with Gasteiger partial charge in [-0.25, -0.2) is 0 Å². The fraction of sp³-hybridized carbons (Fsp3) is 0. The van der Waals surface area contributed by atoms with Crippen LogP contribution in [-0.2, 0) is 0 Å². The van der Waals surface area contributed by atoms with Crippen molar-refractivity contribution in [1.29, 1.82) is 0 Å². The van der Waals surface area contributed by atoms with Crippen molar-refractivity contribution >= 4 is 54.8 Å². The number of carbonyl (C=O) groups is 1. The van der Waals surface area contributed by atoms with Gasteiger partial charge in [0.15, 0.2) is 0 Å². The van der Waals surface area contributed by atoms with Gasteiger partial charge in [0, 0.05) is 10.2 Å². The van der Waals surface area contributed by atoms with E-state index in [1.807, 2.05) is 24.3 Å². The molecule has 0 saturated heterocycles. The Hall–Kier alpha value is -1.51. The molecule has 1 N–H and O–H groups in total. The van der Waals surface area contributed by atoms with E-state index in [-0.39, 0.29) is 5.91 Å². The number of nitrogens with zero attached hydrogens (tertiary/aromatic N) is 3. The van der Waals surface area contributed by atoms with Crippen LogP contribution in [0.5, 0.6) is 0 Å². The molecule has 0 atom stereocenters. The zero-order valence-corrected chi connectivity index (χ0v) is 14.4. The van der Waals surface area contributed by atoms with Crippen LogP contribution in [0.25, 0.3) is 5.69 Å². The highest BCUT2D eigenvalue weighted by molar-refractivity contribution is 9.13. The molecule has 0 aliphatic carbocycles. The molecule has 3 aromatic rings. The van der Waals surface area contributed by atoms with E-state index in [1.165, 1.54) is 11.3 Å². The molecule has 21 heavy (non-hydrogen) atoms. The number of carbonyl (C=O) groups excluding carboxylic acids is 1. The first kappa shape index (κ1) is 14.4. The number of nitrogens with one attached hydrogen (secondary N) is 1. The average Bonchev–Trinajstić information content (AvgIpc) is 3.10. The number of anilines is 1. The number of hydrogen-bond acceptors (Lipinski definition) is 4. The Morgan fingerprint density at radius 3 is 2.62 bits per heavy atom. The minimum absolute atomic E-state index is 0.146. The number of benzene rings is 1. The second kappa shape index (κ2) is 6.08.